The first-order chi connectivity index (χ1) is 16.6. The van der Waals surface area contributed by atoms with Gasteiger partial charge in [0.15, 0.2) is 0 Å². The van der Waals surface area contributed by atoms with Crippen LogP contribution in [0.25, 0.3) is 10.8 Å². The Morgan fingerprint density at radius 2 is 1.62 bits per heavy atom. The van der Waals surface area contributed by atoms with E-state index >= 15 is 0 Å². The van der Waals surface area contributed by atoms with Gasteiger partial charge < -0.3 is 9.64 Å². The number of hydrogen-bond acceptors (Lipinski definition) is 5. The van der Waals surface area contributed by atoms with Crippen LogP contribution in [0.1, 0.15) is 56.8 Å². The van der Waals surface area contributed by atoms with Crippen LogP contribution in [0.2, 0.25) is 0 Å². The van der Waals surface area contributed by atoms with Crippen LogP contribution < -0.4 is 4.90 Å². The number of esters is 1. The maximum Gasteiger partial charge on any atom is 0.339 e. The molecule has 2 aliphatic heterocycles. The van der Waals surface area contributed by atoms with Crippen LogP contribution in [0, 0.1) is 0 Å². The summed E-state index contributed by atoms with van der Waals surface area (Å²) in [5.41, 5.74) is 2.64. The van der Waals surface area contributed by atoms with Gasteiger partial charge in [0.05, 0.1) is 12.2 Å². The highest BCUT2D eigenvalue weighted by Crippen LogP contribution is 2.36. The number of carbonyl (C=O) groups is 3. The van der Waals surface area contributed by atoms with Gasteiger partial charge in [-0.2, -0.15) is 0 Å². The number of benzene rings is 3. The number of halogens is 1. The molecular formula is C27H25BrN2O4. The average Bonchev–Trinajstić information content (AvgIpc) is 2.87. The third-order valence-corrected chi connectivity index (χ3v) is 7.21. The first kappa shape index (κ1) is 22.6. The number of anilines is 1. The minimum atomic E-state index is -0.441. The summed E-state index contributed by atoms with van der Waals surface area (Å²) in [5.74, 6) is -1.03. The lowest BCUT2D eigenvalue weighted by molar-refractivity contribution is 0.0475. The topological polar surface area (TPSA) is 66.9 Å². The van der Waals surface area contributed by atoms with Gasteiger partial charge in [0.1, 0.15) is 0 Å². The van der Waals surface area contributed by atoms with Gasteiger partial charge in [0.2, 0.25) is 0 Å². The van der Waals surface area contributed by atoms with Crippen molar-refractivity contribution in [2.45, 2.75) is 25.7 Å². The molecule has 0 atom stereocenters. The van der Waals surface area contributed by atoms with Gasteiger partial charge in [-0.05, 0) is 71.9 Å². The maximum atomic E-state index is 13.3. The Bertz CT molecular complexity index is 1260. The van der Waals surface area contributed by atoms with E-state index in [9.17, 15) is 14.4 Å². The first-order valence-electron chi connectivity index (χ1n) is 11.6. The lowest BCUT2D eigenvalue weighted by Gasteiger charge is -2.32. The number of carbonyl (C=O) groups excluding carboxylic acids is 3. The molecule has 0 aliphatic carbocycles. The second kappa shape index (κ2) is 9.58. The van der Waals surface area contributed by atoms with Crippen LogP contribution in [0.3, 0.4) is 0 Å². The number of imide groups is 1. The zero-order chi connectivity index (χ0) is 23.7. The van der Waals surface area contributed by atoms with Crippen LogP contribution in [-0.4, -0.2) is 48.9 Å². The van der Waals surface area contributed by atoms with Gasteiger partial charge in [-0.15, -0.1) is 0 Å². The normalized spacial score (nSPS) is 15.7. The molecule has 34 heavy (non-hydrogen) atoms. The lowest BCUT2D eigenvalue weighted by atomic mass is 9.92. The molecule has 7 heteroatoms. The molecule has 0 N–H and O–H groups in total. The zero-order valence-electron chi connectivity index (χ0n) is 18.8. The summed E-state index contributed by atoms with van der Waals surface area (Å²) in [4.78, 5) is 42.5. The third-order valence-electron chi connectivity index (χ3n) is 6.52. The molecule has 1 saturated heterocycles. The standard InChI is InChI=1S/C27H25BrN2O4/c28-22-11-3-2-8-18(22)27(33)34-17-7-16-30-25(31)20-10-6-9-19-23(29-14-4-1-5-15-29)13-12-21(24(19)20)26(30)32/h2-3,6,8-13H,1,4-5,7,14-17H2. The van der Waals surface area contributed by atoms with Crippen molar-refractivity contribution in [1.82, 2.24) is 4.90 Å². The fourth-order valence-electron chi connectivity index (χ4n) is 4.84. The minimum Gasteiger partial charge on any atom is -0.462 e. The molecule has 3 aromatic rings. The fourth-order valence-corrected chi connectivity index (χ4v) is 5.28. The molecule has 6 nitrogen and oxygen atoms in total. The monoisotopic (exact) mass is 520 g/mol. The zero-order valence-corrected chi connectivity index (χ0v) is 20.3. The molecule has 0 saturated carbocycles. The quantitative estimate of drug-likeness (QED) is 0.246. The number of ether oxygens (including phenoxy) is 1. The second-order valence-corrected chi connectivity index (χ2v) is 9.49. The summed E-state index contributed by atoms with van der Waals surface area (Å²) >= 11 is 3.34. The Morgan fingerprint density at radius 3 is 2.38 bits per heavy atom. The van der Waals surface area contributed by atoms with Crippen molar-refractivity contribution >= 4 is 50.2 Å². The number of piperidine rings is 1. The smallest absolute Gasteiger partial charge is 0.339 e. The van der Waals surface area contributed by atoms with Crippen LogP contribution in [-0.2, 0) is 4.74 Å². The van der Waals surface area contributed by atoms with Crippen molar-refractivity contribution < 1.29 is 19.1 Å². The Hall–Kier alpha value is -3.19. The van der Waals surface area contributed by atoms with E-state index in [0.717, 1.165) is 42.4 Å². The molecule has 1 fully saturated rings. The van der Waals surface area contributed by atoms with E-state index in [0.29, 0.717) is 27.6 Å². The van der Waals surface area contributed by atoms with Crippen molar-refractivity contribution in [3.8, 4) is 0 Å². The molecule has 2 aliphatic rings. The summed E-state index contributed by atoms with van der Waals surface area (Å²) in [7, 11) is 0. The maximum absolute atomic E-state index is 13.3. The van der Waals surface area contributed by atoms with E-state index in [1.165, 1.54) is 11.3 Å². The Balaban J connectivity index is 1.32. The Morgan fingerprint density at radius 1 is 0.882 bits per heavy atom. The van der Waals surface area contributed by atoms with Crippen LogP contribution in [0.5, 0.6) is 0 Å². The van der Waals surface area contributed by atoms with Gasteiger partial charge in [-0.25, -0.2) is 4.79 Å². The fraction of sp³-hybridized carbons (Fsp3) is 0.296. The second-order valence-electron chi connectivity index (χ2n) is 8.64. The molecule has 0 radical (unpaired) electrons. The number of nitrogens with zero attached hydrogens (tertiary/aromatic N) is 2. The minimum absolute atomic E-state index is 0.113. The van der Waals surface area contributed by atoms with E-state index in [4.69, 9.17) is 4.74 Å². The van der Waals surface area contributed by atoms with Gasteiger partial charge >= 0.3 is 5.97 Å². The van der Waals surface area contributed by atoms with Crippen molar-refractivity contribution in [2.24, 2.45) is 0 Å². The summed E-state index contributed by atoms with van der Waals surface area (Å²) in [6.45, 7) is 2.28. The van der Waals surface area contributed by atoms with Crippen LogP contribution in [0.15, 0.2) is 59.1 Å². The van der Waals surface area contributed by atoms with E-state index in [2.05, 4.69) is 20.8 Å². The van der Waals surface area contributed by atoms with Gasteiger partial charge in [0.25, 0.3) is 11.8 Å². The summed E-state index contributed by atoms with van der Waals surface area (Å²) in [6.07, 6.45) is 3.91. The Kier molecular flexibility index (Phi) is 6.37. The molecular weight excluding hydrogens is 496 g/mol. The highest BCUT2D eigenvalue weighted by atomic mass is 79.9. The van der Waals surface area contributed by atoms with E-state index in [-0.39, 0.29) is 25.0 Å². The van der Waals surface area contributed by atoms with Crippen molar-refractivity contribution in [3.05, 3.63) is 75.8 Å². The average molecular weight is 521 g/mol. The van der Waals surface area contributed by atoms with Gasteiger partial charge in [-0.3, -0.25) is 14.5 Å². The summed E-state index contributed by atoms with van der Waals surface area (Å²) < 4.78 is 6.02. The van der Waals surface area contributed by atoms with E-state index < -0.39 is 5.97 Å². The lowest BCUT2D eigenvalue weighted by Crippen LogP contribution is -2.41. The molecule has 3 aromatic carbocycles. The molecule has 0 unspecified atom stereocenters. The highest BCUT2D eigenvalue weighted by Gasteiger charge is 2.33. The highest BCUT2D eigenvalue weighted by molar-refractivity contribution is 9.10. The predicted molar refractivity (Wildman–Crippen MR) is 134 cm³/mol. The molecule has 174 valence electrons. The molecule has 0 spiro atoms. The largest absolute Gasteiger partial charge is 0.462 e. The first-order valence-corrected chi connectivity index (χ1v) is 12.4. The van der Waals surface area contributed by atoms with Gasteiger partial charge in [0, 0.05) is 51.7 Å². The third kappa shape index (κ3) is 4.09. The van der Waals surface area contributed by atoms with E-state index in [1.54, 1.807) is 24.3 Å². The number of hydrogen-bond donors (Lipinski definition) is 0. The molecule has 2 heterocycles. The SMILES string of the molecule is O=C(OCCCN1C(=O)c2cccc3c(N4CCCCC4)ccc(c23)C1=O)c1ccccc1Br. The van der Waals surface area contributed by atoms with Crippen molar-refractivity contribution in [3.63, 3.8) is 0 Å². The van der Waals surface area contributed by atoms with Gasteiger partial charge in [-0.1, -0.05) is 24.3 Å². The predicted octanol–water partition coefficient (Wildman–Crippen LogP) is 5.44. The molecule has 0 bridgehead atoms. The van der Waals surface area contributed by atoms with Crippen molar-refractivity contribution in [1.29, 1.82) is 0 Å². The van der Waals surface area contributed by atoms with Crippen LogP contribution in [0.4, 0.5) is 5.69 Å². The summed E-state index contributed by atoms with van der Waals surface area (Å²) in [6, 6.07) is 16.6. The Labute approximate surface area is 206 Å². The number of rotatable bonds is 6. The number of amides is 2. The molecule has 5 rings (SSSR count). The molecule has 2 amide bonds. The molecule has 0 aromatic heterocycles. The summed E-state index contributed by atoms with van der Waals surface area (Å²) in [5, 5.41) is 1.71. The van der Waals surface area contributed by atoms with E-state index in [1.807, 2.05) is 30.3 Å². The van der Waals surface area contributed by atoms with Crippen molar-refractivity contribution in [2.75, 3.05) is 31.1 Å². The van der Waals surface area contributed by atoms with Crippen LogP contribution >= 0.6 is 15.9 Å².